The third kappa shape index (κ3) is 4.39. The third-order valence-electron chi connectivity index (χ3n) is 3.43. The highest BCUT2D eigenvalue weighted by molar-refractivity contribution is 5.52. The predicted octanol–water partition coefficient (Wildman–Crippen LogP) is 2.77. The molecule has 1 fully saturated rings. The van der Waals surface area contributed by atoms with Gasteiger partial charge in [0.2, 0.25) is 5.88 Å². The minimum absolute atomic E-state index is 0.149. The van der Waals surface area contributed by atoms with Gasteiger partial charge in [0.15, 0.2) is 0 Å². The summed E-state index contributed by atoms with van der Waals surface area (Å²) in [6.07, 6.45) is 5.56. The number of anilines is 1. The average Bonchev–Trinajstić information content (AvgIpc) is 2.56. The smallest absolute Gasteiger partial charge is 0.237 e. The molecule has 0 aliphatic carbocycles. The quantitative estimate of drug-likeness (QED) is 0.906. The number of rotatable bonds is 4. The summed E-state index contributed by atoms with van der Waals surface area (Å²) in [5.74, 6) is 0.718. The van der Waals surface area contributed by atoms with Gasteiger partial charge in [-0.2, -0.15) is 0 Å². The van der Waals surface area contributed by atoms with Crippen molar-refractivity contribution in [3.05, 3.63) is 18.3 Å². The molecule has 0 amide bonds. The van der Waals surface area contributed by atoms with Crippen LogP contribution in [0.2, 0.25) is 0 Å². The van der Waals surface area contributed by atoms with Gasteiger partial charge in [0.25, 0.3) is 0 Å². The highest BCUT2D eigenvalue weighted by Crippen LogP contribution is 2.24. The average molecular weight is 263 g/mol. The fourth-order valence-corrected chi connectivity index (χ4v) is 2.42. The number of pyridine rings is 1. The zero-order chi connectivity index (χ0) is 13.7. The van der Waals surface area contributed by atoms with Gasteiger partial charge in [0.1, 0.15) is 0 Å². The summed E-state index contributed by atoms with van der Waals surface area (Å²) in [6.45, 7) is 6.40. The first-order chi connectivity index (χ1) is 9.15. The van der Waals surface area contributed by atoms with Crippen molar-refractivity contribution in [1.82, 2.24) is 9.88 Å². The number of aromatic nitrogens is 1. The predicted molar refractivity (Wildman–Crippen MR) is 78.8 cm³/mol. The van der Waals surface area contributed by atoms with Crippen molar-refractivity contribution < 1.29 is 4.74 Å². The molecule has 0 radical (unpaired) electrons. The molecule has 4 heteroatoms. The summed E-state index contributed by atoms with van der Waals surface area (Å²) in [5.41, 5.74) is 1.02. The summed E-state index contributed by atoms with van der Waals surface area (Å²) < 4.78 is 5.76. The van der Waals surface area contributed by atoms with Crippen LogP contribution in [0.5, 0.6) is 5.88 Å². The Balaban J connectivity index is 2.01. The van der Waals surface area contributed by atoms with Gasteiger partial charge >= 0.3 is 0 Å². The molecule has 0 spiro atoms. The van der Waals surface area contributed by atoms with Crippen molar-refractivity contribution in [2.75, 3.05) is 25.5 Å². The SMILES string of the molecule is CC(C)Oc1ncccc1NC1CCCN(C)CC1. The molecule has 1 unspecified atom stereocenters. The molecule has 1 aromatic rings. The van der Waals surface area contributed by atoms with E-state index in [-0.39, 0.29) is 6.10 Å². The van der Waals surface area contributed by atoms with E-state index in [9.17, 15) is 0 Å². The normalized spacial score (nSPS) is 21.2. The molecular weight excluding hydrogens is 238 g/mol. The lowest BCUT2D eigenvalue weighted by Gasteiger charge is -2.20. The van der Waals surface area contributed by atoms with Gasteiger partial charge in [-0.1, -0.05) is 0 Å². The summed E-state index contributed by atoms with van der Waals surface area (Å²) in [7, 11) is 2.19. The molecule has 0 bridgehead atoms. The molecule has 2 heterocycles. The van der Waals surface area contributed by atoms with Gasteiger partial charge in [0, 0.05) is 12.2 Å². The highest BCUT2D eigenvalue weighted by atomic mass is 16.5. The molecule has 2 rings (SSSR count). The Morgan fingerprint density at radius 1 is 1.37 bits per heavy atom. The first-order valence-corrected chi connectivity index (χ1v) is 7.22. The Kier molecular flexibility index (Phi) is 5.02. The van der Waals surface area contributed by atoms with E-state index in [0.29, 0.717) is 6.04 Å². The second-order valence-corrected chi connectivity index (χ2v) is 5.60. The van der Waals surface area contributed by atoms with E-state index in [4.69, 9.17) is 4.74 Å². The molecule has 106 valence electrons. The van der Waals surface area contributed by atoms with Crippen molar-refractivity contribution in [3.63, 3.8) is 0 Å². The third-order valence-corrected chi connectivity index (χ3v) is 3.43. The minimum atomic E-state index is 0.149. The first kappa shape index (κ1) is 14.1. The lowest BCUT2D eigenvalue weighted by molar-refractivity contribution is 0.233. The van der Waals surface area contributed by atoms with Crippen LogP contribution in [0.15, 0.2) is 18.3 Å². The molecule has 1 N–H and O–H groups in total. The number of nitrogens with zero attached hydrogens (tertiary/aromatic N) is 2. The monoisotopic (exact) mass is 263 g/mol. The fourth-order valence-electron chi connectivity index (χ4n) is 2.42. The van der Waals surface area contributed by atoms with Gasteiger partial charge in [-0.25, -0.2) is 4.98 Å². The van der Waals surface area contributed by atoms with Crippen LogP contribution in [0, 0.1) is 0 Å². The largest absolute Gasteiger partial charge is 0.473 e. The van der Waals surface area contributed by atoms with Crippen LogP contribution >= 0.6 is 0 Å². The van der Waals surface area contributed by atoms with E-state index < -0.39 is 0 Å². The van der Waals surface area contributed by atoms with Crippen LogP contribution < -0.4 is 10.1 Å². The standard InChI is InChI=1S/C15H25N3O/c1-12(2)19-15-14(7-4-9-16-15)17-13-6-5-10-18(3)11-8-13/h4,7,9,12-13,17H,5-6,8,10-11H2,1-3H3. The van der Waals surface area contributed by atoms with Crippen molar-refractivity contribution >= 4 is 5.69 Å². The summed E-state index contributed by atoms with van der Waals surface area (Å²) in [6, 6.07) is 4.53. The zero-order valence-corrected chi connectivity index (χ0v) is 12.2. The van der Waals surface area contributed by atoms with E-state index in [0.717, 1.165) is 18.1 Å². The molecule has 1 saturated heterocycles. The second-order valence-electron chi connectivity index (χ2n) is 5.60. The lowest BCUT2D eigenvalue weighted by Crippen LogP contribution is -2.23. The summed E-state index contributed by atoms with van der Waals surface area (Å²) >= 11 is 0. The summed E-state index contributed by atoms with van der Waals surface area (Å²) in [5, 5.41) is 3.60. The van der Waals surface area contributed by atoms with Crippen LogP contribution in [-0.4, -0.2) is 42.2 Å². The molecular formula is C15H25N3O. The number of ether oxygens (including phenoxy) is 1. The molecule has 1 aromatic heterocycles. The molecule has 19 heavy (non-hydrogen) atoms. The van der Waals surface area contributed by atoms with Crippen molar-refractivity contribution in [3.8, 4) is 5.88 Å². The van der Waals surface area contributed by atoms with Crippen molar-refractivity contribution in [2.45, 2.75) is 45.3 Å². The van der Waals surface area contributed by atoms with Crippen LogP contribution in [0.1, 0.15) is 33.1 Å². The topological polar surface area (TPSA) is 37.4 Å². The van der Waals surface area contributed by atoms with Crippen LogP contribution in [0.3, 0.4) is 0 Å². The van der Waals surface area contributed by atoms with Gasteiger partial charge in [-0.3, -0.25) is 0 Å². The molecule has 0 saturated carbocycles. The molecule has 0 aromatic carbocycles. The lowest BCUT2D eigenvalue weighted by atomic mass is 10.1. The maximum absolute atomic E-state index is 5.76. The Labute approximate surface area is 116 Å². The number of hydrogen-bond acceptors (Lipinski definition) is 4. The van der Waals surface area contributed by atoms with E-state index in [1.54, 1.807) is 6.20 Å². The summed E-state index contributed by atoms with van der Waals surface area (Å²) in [4.78, 5) is 6.73. The number of nitrogens with one attached hydrogen (secondary N) is 1. The van der Waals surface area contributed by atoms with E-state index >= 15 is 0 Å². The van der Waals surface area contributed by atoms with Crippen molar-refractivity contribution in [1.29, 1.82) is 0 Å². The Hall–Kier alpha value is -1.29. The van der Waals surface area contributed by atoms with Crippen LogP contribution in [0.25, 0.3) is 0 Å². The molecule has 1 aliphatic rings. The van der Waals surface area contributed by atoms with Gasteiger partial charge in [0.05, 0.1) is 11.8 Å². The Bertz CT molecular complexity index is 395. The maximum Gasteiger partial charge on any atom is 0.237 e. The van der Waals surface area contributed by atoms with Gasteiger partial charge < -0.3 is 15.0 Å². The Morgan fingerprint density at radius 3 is 3.00 bits per heavy atom. The maximum atomic E-state index is 5.76. The molecule has 1 aliphatic heterocycles. The van der Waals surface area contributed by atoms with Gasteiger partial charge in [-0.05, 0) is 65.4 Å². The van der Waals surface area contributed by atoms with Gasteiger partial charge in [-0.15, -0.1) is 0 Å². The number of hydrogen-bond donors (Lipinski definition) is 1. The Morgan fingerprint density at radius 2 is 2.21 bits per heavy atom. The van der Waals surface area contributed by atoms with E-state index in [1.807, 2.05) is 19.9 Å². The first-order valence-electron chi connectivity index (χ1n) is 7.22. The zero-order valence-electron chi connectivity index (χ0n) is 12.2. The van der Waals surface area contributed by atoms with Crippen LogP contribution in [-0.2, 0) is 0 Å². The highest BCUT2D eigenvalue weighted by Gasteiger charge is 2.16. The number of likely N-dealkylation sites (tertiary alicyclic amines) is 1. The minimum Gasteiger partial charge on any atom is -0.473 e. The fraction of sp³-hybridized carbons (Fsp3) is 0.667. The van der Waals surface area contributed by atoms with E-state index in [2.05, 4.69) is 28.3 Å². The van der Waals surface area contributed by atoms with Crippen molar-refractivity contribution in [2.24, 2.45) is 0 Å². The van der Waals surface area contributed by atoms with E-state index in [1.165, 1.54) is 25.8 Å². The second kappa shape index (κ2) is 6.75. The molecule has 1 atom stereocenters. The molecule has 4 nitrogen and oxygen atoms in total. The van der Waals surface area contributed by atoms with Crippen LogP contribution in [0.4, 0.5) is 5.69 Å².